The third kappa shape index (κ3) is 9.07. The average molecular weight is 866 g/mol. The minimum absolute atomic E-state index is 0.00315. The number of carbonyl (C=O) groups is 3. The molecule has 0 bridgehead atoms. The highest BCUT2D eigenvalue weighted by atomic mass is 32.2. The number of nitrogens with zero attached hydrogens (tertiary/aromatic N) is 2. The number of ether oxygens (including phenoxy) is 3. The van der Waals surface area contributed by atoms with Crippen molar-refractivity contribution < 1.29 is 46.1 Å². The standard InChI is InChI=1S/C43H56N5O10PS/c1-7-28-25-43(28,59(52,56-8-2)47-60(53,54)32-19-20-32)46-39(49)36-23-31(26-48(36)40(50)38(42(3,4)5)45-41(51)58-29-16-12-13-17-29)57-37-24-34(27-14-10-9-11-15-27)44-35-22-30(55-6)18-21-33(35)37/h7,9-11,14-15,18,21-22,24,28-29,31-32,36,38H,1,8,12-13,16-17,19-20,23,25-26H2,2-6H3,(H,45,51)(H,46,49)(H,47,52)/t28-,31-,36+,38-,43+,59?/m1/s1. The molecule has 4 aliphatic rings. The van der Waals surface area contributed by atoms with Crippen LogP contribution in [0.3, 0.4) is 0 Å². The molecule has 2 aromatic carbocycles. The third-order valence-corrected chi connectivity index (χ3v) is 17.4. The van der Waals surface area contributed by atoms with Crippen molar-refractivity contribution in [2.45, 2.75) is 114 Å². The van der Waals surface area contributed by atoms with E-state index in [1.54, 1.807) is 26.2 Å². The fraction of sp³-hybridized carbons (Fsp3) is 0.535. The summed E-state index contributed by atoms with van der Waals surface area (Å²) in [6.45, 7) is 10.7. The van der Waals surface area contributed by atoms with Gasteiger partial charge < -0.3 is 34.3 Å². The molecule has 324 valence electrons. The lowest BCUT2D eigenvalue weighted by Gasteiger charge is -2.36. The summed E-state index contributed by atoms with van der Waals surface area (Å²) >= 11 is 0. The van der Waals surface area contributed by atoms with E-state index in [2.05, 4.69) is 21.7 Å². The van der Waals surface area contributed by atoms with Crippen LogP contribution in [-0.2, 0) is 33.4 Å². The van der Waals surface area contributed by atoms with E-state index < -0.39 is 75.5 Å². The molecule has 17 heteroatoms. The van der Waals surface area contributed by atoms with Crippen LogP contribution in [-0.4, -0.2) is 91.3 Å². The number of nitrogens with one attached hydrogen (secondary N) is 3. The fourth-order valence-electron chi connectivity index (χ4n) is 8.27. The Labute approximate surface area is 351 Å². The zero-order valence-corrected chi connectivity index (χ0v) is 36.6. The molecule has 3 saturated carbocycles. The number of fused-ring (bicyclic) bond motifs is 1. The van der Waals surface area contributed by atoms with Crippen LogP contribution in [0.25, 0.3) is 22.2 Å². The zero-order chi connectivity index (χ0) is 43.0. The van der Waals surface area contributed by atoms with Crippen LogP contribution in [0.5, 0.6) is 11.5 Å². The van der Waals surface area contributed by atoms with E-state index in [4.69, 9.17) is 23.7 Å². The number of carbonyl (C=O) groups excluding carboxylic acids is 3. The van der Waals surface area contributed by atoms with Gasteiger partial charge in [-0.2, -0.15) is 0 Å². The largest absolute Gasteiger partial charge is 0.497 e. The SMILES string of the molecule is C=C[C@@H]1C[C@]1(NC(=O)[C@@H]1C[C@@H](Oc2cc(-c3ccccc3)nc3cc(OC)ccc23)CN1C(=O)[C@@H](NC(=O)OC1CCCC1)C(C)(C)C)P(=O)(NS(=O)(=O)C1CC1)OCC. The first-order valence-corrected chi connectivity index (χ1v) is 23.9. The van der Waals surface area contributed by atoms with Crippen molar-refractivity contribution in [1.82, 2.24) is 25.0 Å². The maximum atomic E-state index is 14.9. The number of likely N-dealkylation sites (tertiary alicyclic amines) is 1. The first kappa shape index (κ1) is 43.6. The molecular formula is C43H56N5O10PS. The molecule has 0 radical (unpaired) electrons. The molecule has 1 aliphatic heterocycles. The lowest BCUT2D eigenvalue weighted by molar-refractivity contribution is -0.142. The molecule has 3 aliphatic carbocycles. The molecule has 1 saturated heterocycles. The Morgan fingerprint density at radius 1 is 1.05 bits per heavy atom. The average Bonchev–Trinajstić information content (AvgIpc) is 4.10. The minimum atomic E-state index is -4.34. The lowest BCUT2D eigenvalue weighted by atomic mass is 9.85. The van der Waals surface area contributed by atoms with Crippen LogP contribution < -0.4 is 24.6 Å². The number of alkyl carbamates (subject to hydrolysis) is 1. The number of sulfonamides is 1. The van der Waals surface area contributed by atoms with E-state index in [1.165, 1.54) is 11.0 Å². The second kappa shape index (κ2) is 17.1. The molecule has 4 fully saturated rings. The second-order valence-electron chi connectivity index (χ2n) is 17.3. The lowest BCUT2D eigenvalue weighted by Crippen LogP contribution is -2.59. The van der Waals surface area contributed by atoms with Crippen LogP contribution in [0.2, 0.25) is 0 Å². The molecule has 15 nitrogen and oxygen atoms in total. The van der Waals surface area contributed by atoms with E-state index in [0.717, 1.165) is 31.2 Å². The monoisotopic (exact) mass is 865 g/mol. The van der Waals surface area contributed by atoms with Crippen LogP contribution in [0.1, 0.15) is 79.1 Å². The molecule has 3 N–H and O–H groups in total. The third-order valence-electron chi connectivity index (χ3n) is 11.8. The van der Waals surface area contributed by atoms with Gasteiger partial charge >= 0.3 is 13.6 Å². The maximum Gasteiger partial charge on any atom is 0.408 e. The van der Waals surface area contributed by atoms with Gasteiger partial charge in [0.15, 0.2) is 0 Å². The fourth-order valence-corrected chi connectivity index (χ4v) is 13.7. The molecule has 3 amide bonds. The van der Waals surface area contributed by atoms with E-state index in [0.29, 0.717) is 40.9 Å². The van der Waals surface area contributed by atoms with Gasteiger partial charge in [-0.15, -0.1) is 11.1 Å². The molecule has 7 rings (SSSR count). The van der Waals surface area contributed by atoms with E-state index >= 15 is 0 Å². The molecule has 0 spiro atoms. The molecule has 1 aromatic heterocycles. The Morgan fingerprint density at radius 3 is 2.38 bits per heavy atom. The summed E-state index contributed by atoms with van der Waals surface area (Å²) < 4.78 is 67.3. The number of methoxy groups -OCH3 is 1. The van der Waals surface area contributed by atoms with Gasteiger partial charge in [-0.3, -0.25) is 14.2 Å². The predicted octanol–water partition coefficient (Wildman–Crippen LogP) is 6.67. The van der Waals surface area contributed by atoms with Crippen LogP contribution in [0.15, 0.2) is 67.3 Å². The summed E-state index contributed by atoms with van der Waals surface area (Å²) in [5.41, 5.74) is 1.26. The van der Waals surface area contributed by atoms with Crippen LogP contribution >= 0.6 is 7.52 Å². The normalized spacial score (nSPS) is 24.6. The van der Waals surface area contributed by atoms with Gasteiger partial charge in [0, 0.05) is 35.4 Å². The maximum absolute atomic E-state index is 14.9. The number of rotatable bonds is 16. The summed E-state index contributed by atoms with van der Waals surface area (Å²) in [6, 6.07) is 14.5. The Morgan fingerprint density at radius 2 is 1.77 bits per heavy atom. The first-order valence-electron chi connectivity index (χ1n) is 20.7. The van der Waals surface area contributed by atoms with Gasteiger partial charge in [-0.25, -0.2) is 18.2 Å². The van der Waals surface area contributed by atoms with Gasteiger partial charge in [-0.05, 0) is 69.4 Å². The molecule has 6 atom stereocenters. The molecule has 60 heavy (non-hydrogen) atoms. The Balaban J connectivity index is 1.23. The molecular weight excluding hydrogens is 810 g/mol. The van der Waals surface area contributed by atoms with Gasteiger partial charge in [0.1, 0.15) is 41.1 Å². The number of hydrogen-bond acceptors (Lipinski definition) is 11. The Hall–Kier alpha value is -4.50. The van der Waals surface area contributed by atoms with Crippen molar-refractivity contribution in [2.75, 3.05) is 20.3 Å². The van der Waals surface area contributed by atoms with E-state index in [1.807, 2.05) is 63.2 Å². The van der Waals surface area contributed by atoms with Gasteiger partial charge in [-0.1, -0.05) is 57.2 Å². The minimum Gasteiger partial charge on any atom is -0.497 e. The van der Waals surface area contributed by atoms with Crippen LogP contribution in [0.4, 0.5) is 4.79 Å². The van der Waals surface area contributed by atoms with Crippen molar-refractivity contribution in [3.63, 3.8) is 0 Å². The van der Waals surface area contributed by atoms with Gasteiger partial charge in [0.25, 0.3) is 0 Å². The van der Waals surface area contributed by atoms with E-state index in [9.17, 15) is 27.4 Å². The van der Waals surface area contributed by atoms with Crippen LogP contribution in [0, 0.1) is 11.3 Å². The topological polar surface area (TPSA) is 192 Å². The molecule has 2 heterocycles. The van der Waals surface area contributed by atoms with Gasteiger partial charge in [0.05, 0.1) is 36.7 Å². The summed E-state index contributed by atoms with van der Waals surface area (Å²) in [5.74, 6) is -0.752. The zero-order valence-electron chi connectivity index (χ0n) is 34.8. The van der Waals surface area contributed by atoms with Gasteiger partial charge in [0.2, 0.25) is 21.8 Å². The number of hydrogen-bond donors (Lipinski definition) is 3. The highest BCUT2D eigenvalue weighted by Gasteiger charge is 2.69. The molecule has 1 unspecified atom stereocenters. The van der Waals surface area contributed by atoms with Crippen molar-refractivity contribution >= 4 is 46.4 Å². The molecule has 3 aromatic rings. The predicted molar refractivity (Wildman–Crippen MR) is 227 cm³/mol. The smallest absolute Gasteiger partial charge is 0.408 e. The summed E-state index contributed by atoms with van der Waals surface area (Å²) in [6.07, 6.45) is 4.15. The number of aromatic nitrogens is 1. The number of amides is 3. The summed E-state index contributed by atoms with van der Waals surface area (Å²) in [7, 11) is -6.80. The Bertz CT molecular complexity index is 2280. The highest BCUT2D eigenvalue weighted by molar-refractivity contribution is 7.96. The van der Waals surface area contributed by atoms with Crippen molar-refractivity contribution in [3.8, 4) is 22.8 Å². The second-order valence-corrected chi connectivity index (χ2v) is 21.9. The number of benzene rings is 2. The quantitative estimate of drug-likeness (QED) is 0.103. The highest BCUT2D eigenvalue weighted by Crippen LogP contribution is 2.70. The number of pyridine rings is 1. The van der Waals surface area contributed by atoms with Crippen molar-refractivity contribution in [1.29, 1.82) is 0 Å². The Kier molecular flexibility index (Phi) is 12.4. The van der Waals surface area contributed by atoms with E-state index in [-0.39, 0.29) is 32.1 Å². The summed E-state index contributed by atoms with van der Waals surface area (Å²) in [5, 5.41) is 4.06. The van der Waals surface area contributed by atoms with Crippen molar-refractivity contribution in [3.05, 3.63) is 67.3 Å². The summed E-state index contributed by atoms with van der Waals surface area (Å²) in [4.78, 5) is 49.2. The van der Waals surface area contributed by atoms with Crippen molar-refractivity contribution in [2.24, 2.45) is 11.3 Å². The first-order chi connectivity index (χ1) is 28.5.